The first-order chi connectivity index (χ1) is 18.3. The molecule has 2 aromatic carbocycles. The van der Waals surface area contributed by atoms with Gasteiger partial charge in [0.25, 0.3) is 5.91 Å². The number of nitrogens with two attached hydrogens (primary N) is 1. The van der Waals surface area contributed by atoms with Gasteiger partial charge in [-0.25, -0.2) is 9.37 Å². The number of carbonyl (C=O) groups excluding carboxylic acids is 1. The zero-order valence-corrected chi connectivity index (χ0v) is 21.7. The SMILES string of the molecule is Cc1cccc(C)c1Nc1c(-c2c(C)cc(OC3CCCCO3)cc2OCC(N)=O)nc2ccc(F)cn12. The predicted molar refractivity (Wildman–Crippen MR) is 143 cm³/mol. The van der Waals surface area contributed by atoms with Crippen LogP contribution in [0.5, 0.6) is 11.5 Å². The van der Waals surface area contributed by atoms with Crippen LogP contribution in [-0.4, -0.2) is 34.8 Å². The van der Waals surface area contributed by atoms with Crippen molar-refractivity contribution >= 4 is 23.1 Å². The number of fused-ring (bicyclic) bond motifs is 1. The molecule has 1 saturated heterocycles. The van der Waals surface area contributed by atoms with Gasteiger partial charge in [0.15, 0.2) is 12.9 Å². The molecule has 9 heteroatoms. The van der Waals surface area contributed by atoms with Crippen LogP contribution in [0.1, 0.15) is 36.0 Å². The fourth-order valence-electron chi connectivity index (χ4n) is 4.76. The van der Waals surface area contributed by atoms with Crippen molar-refractivity contribution in [1.82, 2.24) is 9.38 Å². The van der Waals surface area contributed by atoms with Crippen molar-refractivity contribution in [3.8, 4) is 22.8 Å². The molecule has 0 saturated carbocycles. The number of aromatic nitrogens is 2. The lowest BCUT2D eigenvalue weighted by atomic mass is 10.0. The highest BCUT2D eigenvalue weighted by molar-refractivity contribution is 5.86. The Kier molecular flexibility index (Phi) is 7.20. The van der Waals surface area contributed by atoms with E-state index in [0.29, 0.717) is 40.8 Å². The first-order valence-corrected chi connectivity index (χ1v) is 12.7. The van der Waals surface area contributed by atoms with Crippen molar-refractivity contribution in [2.24, 2.45) is 5.73 Å². The molecular weight excluding hydrogens is 487 g/mol. The van der Waals surface area contributed by atoms with Crippen molar-refractivity contribution in [1.29, 1.82) is 0 Å². The second kappa shape index (κ2) is 10.7. The van der Waals surface area contributed by atoms with Crippen LogP contribution in [0.2, 0.25) is 0 Å². The van der Waals surface area contributed by atoms with Gasteiger partial charge < -0.3 is 25.3 Å². The van der Waals surface area contributed by atoms with E-state index in [-0.39, 0.29) is 12.9 Å². The van der Waals surface area contributed by atoms with E-state index in [9.17, 15) is 9.18 Å². The molecule has 5 rings (SSSR count). The number of ether oxygens (including phenoxy) is 3. The van der Waals surface area contributed by atoms with Gasteiger partial charge >= 0.3 is 0 Å². The van der Waals surface area contributed by atoms with E-state index in [2.05, 4.69) is 5.32 Å². The second-order valence-corrected chi connectivity index (χ2v) is 9.56. The lowest BCUT2D eigenvalue weighted by Gasteiger charge is -2.24. The highest BCUT2D eigenvalue weighted by Crippen LogP contribution is 2.42. The number of nitrogens with zero attached hydrogens (tertiary/aromatic N) is 2. The summed E-state index contributed by atoms with van der Waals surface area (Å²) in [6.07, 6.45) is 3.87. The molecule has 3 N–H and O–H groups in total. The number of imidazole rings is 1. The van der Waals surface area contributed by atoms with E-state index >= 15 is 0 Å². The van der Waals surface area contributed by atoms with Gasteiger partial charge in [-0.15, -0.1) is 0 Å². The molecule has 0 spiro atoms. The summed E-state index contributed by atoms with van der Waals surface area (Å²) in [5, 5.41) is 3.49. The summed E-state index contributed by atoms with van der Waals surface area (Å²) in [6, 6.07) is 12.6. The van der Waals surface area contributed by atoms with Crippen molar-refractivity contribution in [2.45, 2.75) is 46.3 Å². The minimum atomic E-state index is -0.610. The number of carbonyl (C=O) groups is 1. The molecule has 1 amide bonds. The van der Waals surface area contributed by atoms with Gasteiger partial charge in [0.05, 0.1) is 6.61 Å². The molecular formula is C29H31FN4O4. The van der Waals surface area contributed by atoms with E-state index in [1.165, 1.54) is 12.3 Å². The molecule has 3 heterocycles. The van der Waals surface area contributed by atoms with Crippen molar-refractivity contribution in [3.05, 3.63) is 71.2 Å². The van der Waals surface area contributed by atoms with Crippen LogP contribution in [0.25, 0.3) is 16.9 Å². The third-order valence-corrected chi connectivity index (χ3v) is 6.59. The van der Waals surface area contributed by atoms with Crippen LogP contribution >= 0.6 is 0 Å². The normalized spacial score (nSPS) is 15.4. The minimum Gasteiger partial charge on any atom is -0.483 e. The number of halogens is 1. The van der Waals surface area contributed by atoms with E-state index in [0.717, 1.165) is 41.6 Å². The van der Waals surface area contributed by atoms with E-state index < -0.39 is 11.7 Å². The maximum atomic E-state index is 14.4. The molecule has 1 fully saturated rings. The Morgan fingerprint density at radius 1 is 1.16 bits per heavy atom. The van der Waals surface area contributed by atoms with Crippen LogP contribution in [0.4, 0.5) is 15.9 Å². The lowest BCUT2D eigenvalue weighted by molar-refractivity contribution is -0.120. The van der Waals surface area contributed by atoms with Crippen LogP contribution in [0.15, 0.2) is 48.7 Å². The van der Waals surface area contributed by atoms with Gasteiger partial charge in [0, 0.05) is 29.9 Å². The van der Waals surface area contributed by atoms with Gasteiger partial charge in [-0.2, -0.15) is 0 Å². The van der Waals surface area contributed by atoms with Crippen LogP contribution in [0.3, 0.4) is 0 Å². The second-order valence-electron chi connectivity index (χ2n) is 9.56. The Morgan fingerprint density at radius 2 is 1.95 bits per heavy atom. The van der Waals surface area contributed by atoms with Crippen molar-refractivity contribution in [3.63, 3.8) is 0 Å². The number of nitrogens with one attached hydrogen (secondary N) is 1. The molecule has 38 heavy (non-hydrogen) atoms. The highest BCUT2D eigenvalue weighted by atomic mass is 19.1. The number of aryl methyl sites for hydroxylation is 3. The molecule has 4 aromatic rings. The summed E-state index contributed by atoms with van der Waals surface area (Å²) in [5.41, 5.74) is 10.9. The maximum absolute atomic E-state index is 14.4. The van der Waals surface area contributed by atoms with Gasteiger partial charge in [-0.1, -0.05) is 18.2 Å². The van der Waals surface area contributed by atoms with Gasteiger partial charge in [-0.05, 0) is 68.5 Å². The quantitative estimate of drug-likeness (QED) is 0.316. The summed E-state index contributed by atoms with van der Waals surface area (Å²) < 4.78 is 33.8. The zero-order valence-electron chi connectivity index (χ0n) is 21.7. The van der Waals surface area contributed by atoms with E-state index in [1.807, 2.05) is 45.0 Å². The average Bonchev–Trinajstić information content (AvgIpc) is 3.22. The summed E-state index contributed by atoms with van der Waals surface area (Å²) in [6.45, 7) is 6.25. The molecule has 2 aromatic heterocycles. The zero-order chi connectivity index (χ0) is 26.8. The number of benzene rings is 2. The lowest BCUT2D eigenvalue weighted by Crippen LogP contribution is -2.25. The molecule has 198 valence electrons. The first kappa shape index (κ1) is 25.5. The largest absolute Gasteiger partial charge is 0.483 e. The number of pyridine rings is 1. The number of amides is 1. The number of anilines is 2. The standard InChI is InChI=1S/C29H31FN4O4/c1-17-7-6-8-18(2)27(17)33-29-28(32-24-11-10-20(30)15-34(24)29)26-19(3)13-21(14-22(26)37-16-23(31)35)38-25-9-4-5-12-36-25/h6-8,10-11,13-15,25,33H,4-5,9,12,16H2,1-3H3,(H2,31,35). The number of primary amides is 1. The fraction of sp³-hybridized carbons (Fsp3) is 0.310. The topological polar surface area (TPSA) is 100 Å². The Hall–Kier alpha value is -4.11. The summed E-state index contributed by atoms with van der Waals surface area (Å²) >= 11 is 0. The number of hydrogen-bond acceptors (Lipinski definition) is 6. The van der Waals surface area contributed by atoms with Crippen LogP contribution in [-0.2, 0) is 9.53 Å². The summed E-state index contributed by atoms with van der Waals surface area (Å²) in [4.78, 5) is 16.5. The maximum Gasteiger partial charge on any atom is 0.255 e. The van der Waals surface area contributed by atoms with Crippen LogP contribution < -0.4 is 20.5 Å². The first-order valence-electron chi connectivity index (χ1n) is 12.7. The van der Waals surface area contributed by atoms with E-state index in [4.69, 9.17) is 24.9 Å². The number of rotatable bonds is 8. The molecule has 8 nitrogen and oxygen atoms in total. The molecule has 0 aliphatic carbocycles. The predicted octanol–water partition coefficient (Wildman–Crippen LogP) is 5.58. The Balaban J connectivity index is 1.66. The molecule has 0 radical (unpaired) electrons. The van der Waals surface area contributed by atoms with Crippen molar-refractivity contribution in [2.75, 3.05) is 18.5 Å². The minimum absolute atomic E-state index is 0.322. The number of para-hydroxylation sites is 1. The fourth-order valence-corrected chi connectivity index (χ4v) is 4.76. The Labute approximate surface area is 220 Å². The monoisotopic (exact) mass is 518 g/mol. The van der Waals surface area contributed by atoms with Crippen LogP contribution in [0, 0.1) is 26.6 Å². The summed E-state index contributed by atoms with van der Waals surface area (Å²) in [7, 11) is 0. The molecule has 1 aliphatic heterocycles. The molecule has 1 unspecified atom stereocenters. The third kappa shape index (κ3) is 5.28. The Bertz CT molecular complexity index is 1470. The average molecular weight is 519 g/mol. The van der Waals surface area contributed by atoms with Gasteiger partial charge in [0.1, 0.15) is 34.5 Å². The Morgan fingerprint density at radius 3 is 2.66 bits per heavy atom. The van der Waals surface area contributed by atoms with Crippen molar-refractivity contribution < 1.29 is 23.4 Å². The third-order valence-electron chi connectivity index (χ3n) is 6.59. The number of hydrogen-bond donors (Lipinski definition) is 2. The van der Waals surface area contributed by atoms with E-state index in [1.54, 1.807) is 16.5 Å². The van der Waals surface area contributed by atoms with Gasteiger partial charge in [-0.3, -0.25) is 9.20 Å². The molecule has 1 aliphatic rings. The summed E-state index contributed by atoms with van der Waals surface area (Å²) in [5.74, 6) is 0.485. The van der Waals surface area contributed by atoms with Gasteiger partial charge in [0.2, 0.25) is 0 Å². The smallest absolute Gasteiger partial charge is 0.255 e. The highest BCUT2D eigenvalue weighted by Gasteiger charge is 2.24. The molecule has 0 bridgehead atoms. The molecule has 1 atom stereocenters.